The molecule has 1 aromatic heterocycles. The minimum absolute atomic E-state index is 0.658. The highest BCUT2D eigenvalue weighted by Crippen LogP contribution is 2.67. The van der Waals surface area contributed by atoms with Gasteiger partial charge in [-0.1, -0.05) is 140 Å². The van der Waals surface area contributed by atoms with Gasteiger partial charge in [-0.05, 0) is 58.0 Å². The van der Waals surface area contributed by atoms with E-state index in [4.69, 9.17) is 15.0 Å². The second-order valence-corrected chi connectivity index (χ2v) is 15.3. The van der Waals surface area contributed by atoms with Gasteiger partial charge >= 0.3 is 0 Å². The van der Waals surface area contributed by atoms with E-state index in [1.54, 1.807) is 0 Å². The van der Waals surface area contributed by atoms with E-state index in [0.717, 1.165) is 22.3 Å². The summed E-state index contributed by atoms with van der Waals surface area (Å²) in [5.41, 5.74) is 10.4. The van der Waals surface area contributed by atoms with Gasteiger partial charge in [0.1, 0.15) is 0 Å². The highest BCUT2D eigenvalue weighted by Gasteiger charge is 2.31. The number of rotatable bonds is 5. The van der Waals surface area contributed by atoms with Crippen LogP contribution in [0.15, 0.2) is 161 Å². The highest BCUT2D eigenvalue weighted by molar-refractivity contribution is 8.33. The van der Waals surface area contributed by atoms with Crippen LogP contribution in [0.1, 0.15) is 0 Å². The Kier molecular flexibility index (Phi) is 6.66. The molecule has 0 unspecified atom stereocenters. The lowest BCUT2D eigenvalue weighted by Gasteiger charge is -2.28. The average Bonchev–Trinajstić information content (AvgIpc) is 3.34. The number of benzene rings is 6. The molecule has 0 spiro atoms. The van der Waals surface area contributed by atoms with Crippen molar-refractivity contribution in [2.24, 2.45) is 0 Å². The van der Waals surface area contributed by atoms with Crippen molar-refractivity contribution in [3.63, 3.8) is 0 Å². The summed E-state index contributed by atoms with van der Waals surface area (Å²) in [5, 5.41) is 0. The first-order valence-electron chi connectivity index (χ1n) is 15.1. The van der Waals surface area contributed by atoms with E-state index in [1.807, 2.05) is 36.4 Å². The van der Waals surface area contributed by atoms with Crippen LogP contribution in [0.3, 0.4) is 0 Å². The van der Waals surface area contributed by atoms with Gasteiger partial charge in [0, 0.05) is 26.5 Å². The van der Waals surface area contributed by atoms with Crippen LogP contribution in [0.5, 0.6) is 0 Å². The van der Waals surface area contributed by atoms with Crippen molar-refractivity contribution in [1.82, 2.24) is 15.0 Å². The molecule has 6 aromatic carbocycles. The second kappa shape index (κ2) is 11.0. The molecule has 0 saturated heterocycles. The number of hydrogen-bond donors (Lipinski definition) is 0. The lowest BCUT2D eigenvalue weighted by Crippen LogP contribution is -2.00. The Bertz CT molecular complexity index is 2160. The molecule has 0 fully saturated rings. The summed E-state index contributed by atoms with van der Waals surface area (Å²) in [5.74, 6) is 1.98. The summed E-state index contributed by atoms with van der Waals surface area (Å²) in [4.78, 5) is 17.8. The molecule has 0 amide bonds. The number of fused-ring (bicyclic) bond motifs is 3. The topological polar surface area (TPSA) is 38.7 Å². The molecule has 216 valence electrons. The molecule has 4 heteroatoms. The van der Waals surface area contributed by atoms with Crippen molar-refractivity contribution in [1.29, 1.82) is 0 Å². The van der Waals surface area contributed by atoms with E-state index in [1.165, 1.54) is 37.6 Å². The largest absolute Gasteiger partial charge is 0.208 e. The third kappa shape index (κ3) is 4.94. The summed E-state index contributed by atoms with van der Waals surface area (Å²) in [7, 11) is -1.05. The van der Waals surface area contributed by atoms with E-state index in [9.17, 15) is 0 Å². The first-order chi connectivity index (χ1) is 22.0. The van der Waals surface area contributed by atoms with E-state index >= 15 is 0 Å². The van der Waals surface area contributed by atoms with Crippen LogP contribution in [0.25, 0.3) is 67.5 Å². The lowest BCUT2D eigenvalue weighted by atomic mass is 9.99. The minimum Gasteiger partial charge on any atom is -0.208 e. The van der Waals surface area contributed by atoms with Crippen LogP contribution in [-0.4, -0.2) is 27.5 Å². The summed E-state index contributed by atoms with van der Waals surface area (Å²) in [6.45, 7) is 0. The van der Waals surface area contributed by atoms with Gasteiger partial charge in [0.15, 0.2) is 17.5 Å². The third-order valence-electron chi connectivity index (χ3n) is 8.65. The number of hydrogen-bond acceptors (Lipinski definition) is 3. The Morgan fingerprint density at radius 1 is 0.333 bits per heavy atom. The molecule has 8 rings (SSSR count). The third-order valence-corrected chi connectivity index (χ3v) is 11.5. The van der Waals surface area contributed by atoms with Crippen molar-refractivity contribution < 1.29 is 0 Å². The van der Waals surface area contributed by atoms with E-state index in [-0.39, 0.29) is 0 Å². The zero-order valence-corrected chi connectivity index (χ0v) is 26.0. The molecular weight excluding hydrogens is 567 g/mol. The van der Waals surface area contributed by atoms with Crippen molar-refractivity contribution >= 4 is 10.0 Å². The summed E-state index contributed by atoms with van der Waals surface area (Å²) in [6.07, 6.45) is 4.81. The molecule has 0 radical (unpaired) electrons. The zero-order valence-electron chi connectivity index (χ0n) is 25.2. The molecule has 0 atom stereocenters. The van der Waals surface area contributed by atoms with Gasteiger partial charge in [-0.25, -0.2) is 15.0 Å². The van der Waals surface area contributed by atoms with E-state index in [2.05, 4.69) is 128 Å². The predicted molar refractivity (Wildman–Crippen MR) is 188 cm³/mol. The maximum absolute atomic E-state index is 4.97. The fraction of sp³-hybridized carbons (Fsp3) is 0.0488. The monoisotopic (exact) mass is 597 g/mol. The summed E-state index contributed by atoms with van der Waals surface area (Å²) >= 11 is 0. The molecule has 2 heterocycles. The predicted octanol–water partition coefficient (Wildman–Crippen LogP) is 10.7. The molecule has 3 nitrogen and oxygen atoms in total. The van der Waals surface area contributed by atoms with Crippen LogP contribution in [-0.2, 0) is 0 Å². The van der Waals surface area contributed by atoms with Gasteiger partial charge < -0.3 is 0 Å². The fourth-order valence-electron chi connectivity index (χ4n) is 6.20. The van der Waals surface area contributed by atoms with Gasteiger partial charge in [0.25, 0.3) is 0 Å². The summed E-state index contributed by atoms with van der Waals surface area (Å²) in [6, 6.07) is 53.4. The van der Waals surface area contributed by atoms with Gasteiger partial charge in [0.05, 0.1) is 0 Å². The Balaban J connectivity index is 1.16. The van der Waals surface area contributed by atoms with E-state index in [0.29, 0.717) is 17.5 Å². The average molecular weight is 598 g/mol. The van der Waals surface area contributed by atoms with Crippen molar-refractivity contribution in [2.75, 3.05) is 12.5 Å². The first kappa shape index (κ1) is 27.2. The van der Waals surface area contributed by atoms with Crippen molar-refractivity contribution in [2.45, 2.75) is 9.79 Å². The molecule has 7 aromatic rings. The fourth-order valence-corrected chi connectivity index (χ4v) is 8.74. The highest BCUT2D eigenvalue weighted by atomic mass is 32.3. The smallest absolute Gasteiger partial charge is 0.164 e. The normalized spacial score (nSPS) is 13.6. The molecule has 0 saturated carbocycles. The molecule has 1 aliphatic heterocycles. The maximum Gasteiger partial charge on any atom is 0.164 e. The van der Waals surface area contributed by atoms with Gasteiger partial charge in [0.2, 0.25) is 0 Å². The zero-order chi connectivity index (χ0) is 30.4. The summed E-state index contributed by atoms with van der Waals surface area (Å²) < 4.78 is 0. The Morgan fingerprint density at radius 3 is 1.29 bits per heavy atom. The van der Waals surface area contributed by atoms with Crippen molar-refractivity contribution in [3.8, 4) is 67.5 Å². The van der Waals surface area contributed by atoms with Crippen LogP contribution >= 0.6 is 10.0 Å². The molecule has 0 aliphatic carbocycles. The Labute approximate surface area is 265 Å². The maximum atomic E-state index is 4.97. The van der Waals surface area contributed by atoms with Crippen LogP contribution < -0.4 is 0 Å². The van der Waals surface area contributed by atoms with Crippen molar-refractivity contribution in [3.05, 3.63) is 152 Å². The van der Waals surface area contributed by atoms with E-state index < -0.39 is 10.0 Å². The van der Waals surface area contributed by atoms with Crippen LogP contribution in [0, 0.1) is 0 Å². The number of aromatic nitrogens is 3. The molecule has 0 N–H and O–H groups in total. The van der Waals surface area contributed by atoms with Gasteiger partial charge in [-0.15, -0.1) is 0 Å². The van der Waals surface area contributed by atoms with Gasteiger partial charge in [-0.2, -0.15) is 10.0 Å². The molecule has 1 aliphatic rings. The molecular formula is C41H31N3S. The Morgan fingerprint density at radius 2 is 0.711 bits per heavy atom. The van der Waals surface area contributed by atoms with Gasteiger partial charge in [-0.3, -0.25) is 0 Å². The standard InChI is InChI=1S/C41H31N3S/c1-45(2)37-16-10-9-15-35(37)36-26-25-34(27-38(36)45)30-19-23-33(24-20-30)41-43-39(31-13-7-4-8-14-31)42-40(44-41)32-21-17-29(18-22-32)28-11-5-3-6-12-28/h3-27H,1-2H3. The Hall–Kier alpha value is -5.32. The SMILES string of the molecule is CS1(C)c2ccccc2-c2ccc(-c3ccc(-c4nc(-c5ccccc5)nc(-c5ccc(-c6ccccc6)cc5)n4)cc3)cc21. The first-order valence-corrected chi connectivity index (χ1v) is 17.5. The molecule has 0 bridgehead atoms. The quantitative estimate of drug-likeness (QED) is 0.198. The number of nitrogens with zero attached hydrogens (tertiary/aromatic N) is 3. The van der Waals surface area contributed by atoms with Crippen LogP contribution in [0.4, 0.5) is 0 Å². The molecule has 45 heavy (non-hydrogen) atoms. The second-order valence-electron chi connectivity index (χ2n) is 11.7. The van der Waals surface area contributed by atoms with Crippen LogP contribution in [0.2, 0.25) is 0 Å². The minimum atomic E-state index is -1.05. The lowest BCUT2D eigenvalue weighted by molar-refractivity contribution is 1.07.